The van der Waals surface area contributed by atoms with Crippen LogP contribution in [0.2, 0.25) is 0 Å². The van der Waals surface area contributed by atoms with E-state index in [0.717, 1.165) is 24.0 Å². The average molecular weight is 712 g/mol. The Kier molecular flexibility index (Phi) is 8.89. The van der Waals surface area contributed by atoms with E-state index in [1.807, 2.05) is 37.7 Å². The third kappa shape index (κ3) is 6.17. The van der Waals surface area contributed by atoms with Crippen LogP contribution in [0.1, 0.15) is 50.9 Å². The maximum absolute atomic E-state index is 15.2. The van der Waals surface area contributed by atoms with Gasteiger partial charge in [-0.05, 0) is 61.7 Å². The van der Waals surface area contributed by atoms with Gasteiger partial charge in [-0.3, -0.25) is 4.68 Å². The third-order valence-electron chi connectivity index (χ3n) is 7.11. The largest absolute Gasteiger partial charge is 0.494 e. The standard InChI is InChI=1S/C28H32F2IN6O4P/c1-28(2,3)41-27(38)35-8-6-18(7-9-35)36-15-17(14-33-36)16-10-19-21(34-37(42-31)26(19)32-13-16)11-20-24(29)22(39-4)12-23(40-5)25(20)30/h10,12-15,18,42H,6-9,11H2,1-5H3. The number of halogens is 3. The molecular formula is C28H32F2IN6O4P. The summed E-state index contributed by atoms with van der Waals surface area (Å²) in [5.41, 5.74) is 2.05. The Labute approximate surface area is 257 Å². The van der Waals surface area contributed by atoms with E-state index in [0.29, 0.717) is 29.8 Å². The number of fused-ring (bicyclic) bond motifs is 1. The van der Waals surface area contributed by atoms with E-state index in [1.54, 1.807) is 21.7 Å². The fourth-order valence-corrected chi connectivity index (χ4v) is 6.42. The summed E-state index contributed by atoms with van der Waals surface area (Å²) >= 11 is 2.20. The Balaban J connectivity index is 1.40. The molecule has 1 atom stereocenters. The van der Waals surface area contributed by atoms with Crippen LogP contribution < -0.4 is 9.47 Å². The molecule has 0 bridgehead atoms. The van der Waals surface area contributed by atoms with Gasteiger partial charge in [-0.2, -0.15) is 10.2 Å². The van der Waals surface area contributed by atoms with E-state index in [2.05, 4.69) is 37.2 Å². The molecule has 0 radical (unpaired) electrons. The molecule has 0 N–H and O–H groups in total. The molecule has 1 fully saturated rings. The van der Waals surface area contributed by atoms with Gasteiger partial charge >= 0.3 is 6.09 Å². The maximum Gasteiger partial charge on any atom is 0.410 e. The number of pyridine rings is 1. The van der Waals surface area contributed by atoms with E-state index >= 15 is 8.78 Å². The molecule has 3 aromatic heterocycles. The normalized spacial score (nSPS) is 14.7. The highest BCUT2D eigenvalue weighted by molar-refractivity contribution is 14.2. The number of likely N-dealkylation sites (tertiary alicyclic amines) is 1. The van der Waals surface area contributed by atoms with E-state index in [9.17, 15) is 4.79 Å². The van der Waals surface area contributed by atoms with Crippen LogP contribution in [-0.2, 0) is 11.2 Å². The zero-order chi connectivity index (χ0) is 30.2. The van der Waals surface area contributed by atoms with Crippen molar-refractivity contribution in [3.63, 3.8) is 0 Å². The molecule has 5 rings (SSSR count). The predicted molar refractivity (Wildman–Crippen MR) is 165 cm³/mol. The number of amides is 1. The molecule has 0 saturated carbocycles. The summed E-state index contributed by atoms with van der Waals surface area (Å²) in [7, 11) is 2.64. The lowest BCUT2D eigenvalue weighted by Crippen LogP contribution is -2.42. The van der Waals surface area contributed by atoms with Crippen molar-refractivity contribution in [2.45, 2.75) is 51.7 Å². The van der Waals surface area contributed by atoms with Crippen molar-refractivity contribution in [3.05, 3.63) is 53.6 Å². The first kappa shape index (κ1) is 30.4. The van der Waals surface area contributed by atoms with Gasteiger partial charge in [0.25, 0.3) is 0 Å². The Morgan fingerprint density at radius 3 is 2.33 bits per heavy atom. The monoisotopic (exact) mass is 712 g/mol. The number of nitrogens with zero attached hydrogens (tertiary/aromatic N) is 6. The molecule has 42 heavy (non-hydrogen) atoms. The van der Waals surface area contributed by atoms with Gasteiger partial charge < -0.3 is 19.1 Å². The number of benzene rings is 1. The van der Waals surface area contributed by atoms with Crippen LogP contribution in [0.3, 0.4) is 0 Å². The summed E-state index contributed by atoms with van der Waals surface area (Å²) in [5, 5.41) is 9.93. The van der Waals surface area contributed by atoms with Gasteiger partial charge in [0.15, 0.2) is 28.8 Å². The predicted octanol–water partition coefficient (Wildman–Crippen LogP) is 6.54. The number of rotatable bonds is 7. The van der Waals surface area contributed by atoms with Crippen molar-refractivity contribution in [3.8, 4) is 22.6 Å². The number of carbonyl (C=O) groups excluding carboxylic acids is 1. The smallest absolute Gasteiger partial charge is 0.410 e. The van der Waals surface area contributed by atoms with Crippen LogP contribution >= 0.6 is 28.4 Å². The number of hydrogen-bond acceptors (Lipinski definition) is 7. The number of piperidine rings is 1. The summed E-state index contributed by atoms with van der Waals surface area (Å²) in [6, 6.07) is 3.26. The lowest BCUT2D eigenvalue weighted by atomic mass is 10.0. The molecule has 1 saturated heterocycles. The zero-order valence-corrected chi connectivity index (χ0v) is 27.1. The summed E-state index contributed by atoms with van der Waals surface area (Å²) < 4.78 is 49.7. The molecule has 224 valence electrons. The van der Waals surface area contributed by atoms with Crippen LogP contribution in [0, 0.1) is 11.6 Å². The molecule has 4 aromatic rings. The van der Waals surface area contributed by atoms with Gasteiger partial charge in [0.05, 0.1) is 38.5 Å². The Bertz CT molecular complexity index is 1590. The van der Waals surface area contributed by atoms with Gasteiger partial charge in [-0.25, -0.2) is 23.0 Å². The van der Waals surface area contributed by atoms with Crippen LogP contribution in [0.4, 0.5) is 13.6 Å². The fourth-order valence-electron chi connectivity index (χ4n) is 4.99. The average Bonchev–Trinajstić information content (AvgIpc) is 3.60. The summed E-state index contributed by atoms with van der Waals surface area (Å²) in [6.07, 6.45) is 6.84. The fraction of sp³-hybridized carbons (Fsp3) is 0.429. The molecule has 0 aliphatic carbocycles. The second-order valence-corrected chi connectivity index (χ2v) is 13.1. The van der Waals surface area contributed by atoms with Gasteiger partial charge in [-0.1, -0.05) is 0 Å². The van der Waals surface area contributed by atoms with E-state index < -0.39 is 17.2 Å². The Morgan fingerprint density at radius 1 is 1.07 bits per heavy atom. The Morgan fingerprint density at radius 2 is 1.74 bits per heavy atom. The molecule has 0 spiro atoms. The molecule has 1 amide bonds. The topological polar surface area (TPSA) is 96.5 Å². The molecule has 1 aliphatic rings. The number of hydrogen-bond donors (Lipinski definition) is 0. The van der Waals surface area contributed by atoms with Crippen LogP contribution in [0.5, 0.6) is 11.5 Å². The summed E-state index contributed by atoms with van der Waals surface area (Å²) in [4.78, 5) is 18.8. The molecule has 14 heteroatoms. The highest BCUT2D eigenvalue weighted by Crippen LogP contribution is 2.36. The lowest BCUT2D eigenvalue weighted by molar-refractivity contribution is 0.0185. The van der Waals surface area contributed by atoms with Crippen LogP contribution in [-0.4, -0.2) is 68.2 Å². The molecular weight excluding hydrogens is 680 g/mol. The van der Waals surface area contributed by atoms with Crippen molar-refractivity contribution >= 4 is 45.5 Å². The van der Waals surface area contributed by atoms with Crippen molar-refractivity contribution in [1.29, 1.82) is 0 Å². The second kappa shape index (κ2) is 12.3. The SMILES string of the molecule is COc1cc(OC)c(F)c(Cc2nn(PI)c3ncc(-c4cnn(C5CCN(C(=O)OC(C)(C)C)CC5)c4)cc23)c1F. The van der Waals surface area contributed by atoms with Gasteiger partial charge in [0.1, 0.15) is 5.60 Å². The highest BCUT2D eigenvalue weighted by atomic mass is 127. The summed E-state index contributed by atoms with van der Waals surface area (Å²) in [5.74, 6) is -1.80. The number of aromatic nitrogens is 5. The number of carbonyl (C=O) groups is 1. The van der Waals surface area contributed by atoms with Crippen molar-refractivity contribution in [2.75, 3.05) is 27.3 Å². The van der Waals surface area contributed by atoms with E-state index in [1.165, 1.54) is 20.3 Å². The van der Waals surface area contributed by atoms with E-state index in [-0.39, 0.29) is 42.0 Å². The lowest BCUT2D eigenvalue weighted by Gasteiger charge is -2.33. The van der Waals surface area contributed by atoms with Crippen LogP contribution in [0.15, 0.2) is 30.7 Å². The first-order valence-corrected chi connectivity index (χ1v) is 17.4. The second-order valence-electron chi connectivity index (χ2n) is 11.0. The van der Waals surface area contributed by atoms with Gasteiger partial charge in [-0.15, -0.1) is 0 Å². The number of ether oxygens (including phenoxy) is 3. The minimum absolute atomic E-state index is 0.106. The molecule has 1 aliphatic heterocycles. The minimum Gasteiger partial charge on any atom is -0.494 e. The Hall–Kier alpha value is -3.06. The zero-order valence-electron chi connectivity index (χ0n) is 23.9. The van der Waals surface area contributed by atoms with Gasteiger partial charge in [0, 0.05) is 60.0 Å². The van der Waals surface area contributed by atoms with Crippen LogP contribution in [0.25, 0.3) is 22.2 Å². The van der Waals surface area contributed by atoms with Gasteiger partial charge in [0.2, 0.25) is 0 Å². The molecule has 1 unspecified atom stereocenters. The van der Waals surface area contributed by atoms with Crippen molar-refractivity contribution < 1.29 is 27.8 Å². The quantitative estimate of drug-likeness (QED) is 0.159. The van der Waals surface area contributed by atoms with E-state index in [4.69, 9.17) is 14.2 Å². The first-order valence-electron chi connectivity index (χ1n) is 13.4. The number of methoxy groups -OCH3 is 2. The van der Waals surface area contributed by atoms with Crippen molar-refractivity contribution in [1.82, 2.24) is 29.2 Å². The molecule has 4 heterocycles. The van der Waals surface area contributed by atoms with Crippen molar-refractivity contribution in [2.24, 2.45) is 0 Å². The minimum atomic E-state index is -0.793. The molecule has 10 nitrogen and oxygen atoms in total. The highest BCUT2D eigenvalue weighted by Gasteiger charge is 2.28. The maximum atomic E-state index is 15.2. The first-order chi connectivity index (χ1) is 20.0. The molecule has 1 aromatic carbocycles. The summed E-state index contributed by atoms with van der Waals surface area (Å²) in [6.45, 7) is 6.75. The third-order valence-corrected chi connectivity index (χ3v) is 8.96.